The molecule has 0 radical (unpaired) electrons. The van der Waals surface area contributed by atoms with Crippen molar-refractivity contribution in [3.05, 3.63) is 29.8 Å². The fourth-order valence-corrected chi connectivity index (χ4v) is 4.59. The number of rotatable bonds is 8. The lowest BCUT2D eigenvalue weighted by molar-refractivity contribution is -0.928. The molecule has 1 fully saturated rings. The van der Waals surface area contributed by atoms with E-state index in [4.69, 9.17) is 0 Å². The van der Waals surface area contributed by atoms with Gasteiger partial charge in [0.25, 0.3) is 0 Å². The van der Waals surface area contributed by atoms with Gasteiger partial charge < -0.3 is 10.2 Å². The molecule has 0 saturated carbocycles. The first-order chi connectivity index (χ1) is 11.9. The molecule has 25 heavy (non-hydrogen) atoms. The minimum Gasteiger partial charge on any atom is -0.356 e. The first-order valence-electron chi connectivity index (χ1n) is 9.29. The van der Waals surface area contributed by atoms with Crippen LogP contribution in [0.2, 0.25) is 0 Å². The Hall–Kier alpha value is -1.40. The summed E-state index contributed by atoms with van der Waals surface area (Å²) in [7, 11) is -3.39. The Morgan fingerprint density at radius 3 is 2.64 bits per heavy atom. The van der Waals surface area contributed by atoms with Gasteiger partial charge in [0.15, 0.2) is 9.84 Å². The van der Waals surface area contributed by atoms with E-state index in [0.29, 0.717) is 12.6 Å². The van der Waals surface area contributed by atoms with Gasteiger partial charge in [-0.1, -0.05) is 17.7 Å². The second-order valence-electron chi connectivity index (χ2n) is 7.14. The van der Waals surface area contributed by atoms with Crippen LogP contribution in [0.25, 0.3) is 0 Å². The number of likely N-dealkylation sites (tertiary alicyclic amines) is 1. The lowest BCUT2D eigenvalue weighted by Gasteiger charge is -2.30. The summed E-state index contributed by atoms with van der Waals surface area (Å²) >= 11 is 0. The Labute approximate surface area is 151 Å². The molecule has 1 aliphatic rings. The summed E-state index contributed by atoms with van der Waals surface area (Å²) in [5.41, 5.74) is 1.02. The van der Waals surface area contributed by atoms with Crippen LogP contribution in [-0.2, 0) is 14.6 Å². The zero-order valence-electron chi connectivity index (χ0n) is 15.4. The average Bonchev–Trinajstić information content (AvgIpc) is 2.59. The zero-order valence-corrected chi connectivity index (χ0v) is 16.2. The molecule has 1 heterocycles. The van der Waals surface area contributed by atoms with Gasteiger partial charge in [-0.3, -0.25) is 4.79 Å². The minimum atomic E-state index is -3.39. The van der Waals surface area contributed by atoms with E-state index >= 15 is 0 Å². The standard InChI is InChI=1S/C19H30N2O3S/c1-16-7-9-18(10-8-16)25(23,24)15-11-19(22)20-12-5-14-21-13-4-3-6-17(21)2/h7-10,17H,3-6,11-15H2,1-2H3,(H,20,22)/p+1/t17-/m0/s1. The molecule has 0 spiro atoms. The molecule has 140 valence electrons. The number of hydrogen-bond donors (Lipinski definition) is 2. The Balaban J connectivity index is 1.67. The number of hydrogen-bond acceptors (Lipinski definition) is 3. The molecule has 2 rings (SSSR count). The third-order valence-corrected chi connectivity index (χ3v) is 6.79. The van der Waals surface area contributed by atoms with Crippen LogP contribution in [0.15, 0.2) is 29.2 Å². The van der Waals surface area contributed by atoms with Gasteiger partial charge in [0.1, 0.15) is 0 Å². The van der Waals surface area contributed by atoms with E-state index in [1.807, 2.05) is 6.92 Å². The molecule has 1 aromatic rings. The van der Waals surface area contributed by atoms with Crippen LogP contribution < -0.4 is 10.2 Å². The van der Waals surface area contributed by atoms with Crippen LogP contribution in [-0.4, -0.2) is 45.8 Å². The molecule has 1 amide bonds. The maximum Gasteiger partial charge on any atom is 0.221 e. The number of carbonyl (C=O) groups is 1. The number of piperidine rings is 1. The smallest absolute Gasteiger partial charge is 0.221 e. The molecule has 1 unspecified atom stereocenters. The summed E-state index contributed by atoms with van der Waals surface area (Å²) in [6.07, 6.45) is 4.87. The highest BCUT2D eigenvalue weighted by Crippen LogP contribution is 2.12. The highest BCUT2D eigenvalue weighted by atomic mass is 32.2. The normalized spacial score (nSPS) is 21.0. The van der Waals surface area contributed by atoms with E-state index in [2.05, 4.69) is 12.2 Å². The molecular formula is C19H31N2O3S+. The number of carbonyl (C=O) groups excluding carboxylic acids is 1. The van der Waals surface area contributed by atoms with Crippen LogP contribution in [0.5, 0.6) is 0 Å². The van der Waals surface area contributed by atoms with Crippen LogP contribution in [0, 0.1) is 6.92 Å². The first kappa shape index (κ1) is 19.9. The maximum atomic E-state index is 12.2. The van der Waals surface area contributed by atoms with Gasteiger partial charge in [0.2, 0.25) is 5.91 Å². The fraction of sp³-hybridized carbons (Fsp3) is 0.632. The summed E-state index contributed by atoms with van der Waals surface area (Å²) in [5, 5.41) is 2.85. The van der Waals surface area contributed by atoms with Gasteiger partial charge in [-0.25, -0.2) is 8.42 Å². The largest absolute Gasteiger partial charge is 0.356 e. The first-order valence-corrected chi connectivity index (χ1v) is 10.9. The molecule has 2 N–H and O–H groups in total. The molecule has 2 atom stereocenters. The van der Waals surface area contributed by atoms with Gasteiger partial charge in [-0.15, -0.1) is 0 Å². The molecule has 1 aromatic carbocycles. The third kappa shape index (κ3) is 6.44. The highest BCUT2D eigenvalue weighted by molar-refractivity contribution is 7.91. The van der Waals surface area contributed by atoms with Gasteiger partial charge in [0.05, 0.1) is 29.8 Å². The van der Waals surface area contributed by atoms with Crippen molar-refractivity contribution in [2.45, 2.75) is 56.9 Å². The molecule has 0 aromatic heterocycles. The predicted octanol–water partition coefficient (Wildman–Crippen LogP) is 1.12. The molecule has 0 bridgehead atoms. The zero-order chi connectivity index (χ0) is 18.3. The summed E-state index contributed by atoms with van der Waals surface area (Å²) in [6, 6.07) is 7.47. The van der Waals surface area contributed by atoms with Crippen molar-refractivity contribution >= 4 is 15.7 Å². The van der Waals surface area contributed by atoms with Gasteiger partial charge >= 0.3 is 0 Å². The second kappa shape index (κ2) is 9.34. The van der Waals surface area contributed by atoms with Gasteiger partial charge in [0, 0.05) is 19.4 Å². The summed E-state index contributed by atoms with van der Waals surface area (Å²) in [4.78, 5) is 13.8. The number of nitrogens with one attached hydrogen (secondary N) is 2. The van der Waals surface area contributed by atoms with E-state index in [9.17, 15) is 13.2 Å². The predicted molar refractivity (Wildman–Crippen MR) is 99.5 cm³/mol. The number of quaternary nitrogens is 1. The molecule has 6 heteroatoms. The molecule has 1 aliphatic heterocycles. The van der Waals surface area contributed by atoms with E-state index in [-0.39, 0.29) is 23.0 Å². The lowest BCUT2D eigenvalue weighted by Crippen LogP contribution is -3.16. The second-order valence-corrected chi connectivity index (χ2v) is 9.25. The van der Waals surface area contributed by atoms with Crippen LogP contribution in [0.4, 0.5) is 0 Å². The summed E-state index contributed by atoms with van der Waals surface area (Å²) < 4.78 is 24.5. The van der Waals surface area contributed by atoms with Gasteiger partial charge in [-0.05, 0) is 45.2 Å². The van der Waals surface area contributed by atoms with Crippen molar-refractivity contribution in [2.75, 3.05) is 25.4 Å². The van der Waals surface area contributed by atoms with E-state index in [1.54, 1.807) is 29.2 Å². The van der Waals surface area contributed by atoms with Crippen molar-refractivity contribution in [1.82, 2.24) is 5.32 Å². The Morgan fingerprint density at radius 1 is 1.24 bits per heavy atom. The van der Waals surface area contributed by atoms with Crippen molar-refractivity contribution in [3.8, 4) is 0 Å². The van der Waals surface area contributed by atoms with Crippen LogP contribution in [0.3, 0.4) is 0 Å². The lowest BCUT2D eigenvalue weighted by atomic mass is 10.0. The molecule has 0 aliphatic carbocycles. The highest BCUT2D eigenvalue weighted by Gasteiger charge is 2.21. The van der Waals surface area contributed by atoms with E-state index in [0.717, 1.165) is 18.5 Å². The van der Waals surface area contributed by atoms with Crippen molar-refractivity contribution < 1.29 is 18.1 Å². The number of benzene rings is 1. The van der Waals surface area contributed by atoms with Crippen LogP contribution in [0.1, 0.15) is 44.6 Å². The Kier molecular flexibility index (Phi) is 7.44. The monoisotopic (exact) mass is 367 g/mol. The van der Waals surface area contributed by atoms with Crippen molar-refractivity contribution in [2.24, 2.45) is 0 Å². The third-order valence-electron chi connectivity index (χ3n) is 5.06. The van der Waals surface area contributed by atoms with E-state index < -0.39 is 9.84 Å². The number of aryl methyl sites for hydroxylation is 1. The average molecular weight is 368 g/mol. The number of sulfone groups is 1. The molecule has 5 nitrogen and oxygen atoms in total. The summed E-state index contributed by atoms with van der Waals surface area (Å²) in [5.74, 6) is -0.326. The molecule has 1 saturated heterocycles. The van der Waals surface area contributed by atoms with Crippen molar-refractivity contribution in [1.29, 1.82) is 0 Å². The maximum absolute atomic E-state index is 12.2. The van der Waals surface area contributed by atoms with Crippen LogP contribution >= 0.6 is 0 Å². The minimum absolute atomic E-state index is 0.0170. The molecular weight excluding hydrogens is 336 g/mol. The fourth-order valence-electron chi connectivity index (χ4n) is 3.35. The van der Waals surface area contributed by atoms with Gasteiger partial charge in [-0.2, -0.15) is 0 Å². The number of amides is 1. The van der Waals surface area contributed by atoms with Crippen molar-refractivity contribution in [3.63, 3.8) is 0 Å². The SMILES string of the molecule is Cc1ccc(S(=O)(=O)CCC(=O)NCCC[NH+]2CCCC[C@@H]2C)cc1. The van der Waals surface area contributed by atoms with E-state index in [1.165, 1.54) is 25.8 Å². The topological polar surface area (TPSA) is 67.7 Å². The quantitative estimate of drug-likeness (QED) is 0.677. The Bertz CT molecular complexity index is 656. The Morgan fingerprint density at radius 2 is 1.96 bits per heavy atom. The summed E-state index contributed by atoms with van der Waals surface area (Å²) in [6.45, 7) is 7.13.